The van der Waals surface area contributed by atoms with Crippen LogP contribution in [0.4, 0.5) is 0 Å². The topological polar surface area (TPSA) is 27.7 Å². The van der Waals surface area contributed by atoms with Gasteiger partial charge in [0.2, 0.25) is 0 Å². The van der Waals surface area contributed by atoms with Crippen LogP contribution in [0.5, 0.6) is 0 Å². The fraction of sp³-hybridized carbons (Fsp3) is 0.600. The van der Waals surface area contributed by atoms with Gasteiger partial charge < -0.3 is 14.2 Å². The Morgan fingerprint density at radius 1 is 1.28 bits per heavy atom. The van der Waals surface area contributed by atoms with Crippen molar-refractivity contribution in [1.29, 1.82) is 0 Å². The molecule has 1 aliphatic rings. The SMILES string of the molecule is Cc1ccc(CCOCC2COC(C)(C)O2)cc1. The summed E-state index contributed by atoms with van der Waals surface area (Å²) in [6, 6.07) is 8.56. The van der Waals surface area contributed by atoms with Crippen molar-refractivity contribution in [2.75, 3.05) is 19.8 Å². The molecule has 2 rings (SSSR count). The van der Waals surface area contributed by atoms with Crippen LogP contribution >= 0.6 is 0 Å². The van der Waals surface area contributed by atoms with Gasteiger partial charge in [0.05, 0.1) is 19.8 Å². The zero-order valence-electron chi connectivity index (χ0n) is 11.4. The van der Waals surface area contributed by atoms with Crippen molar-refractivity contribution in [3.05, 3.63) is 35.4 Å². The fourth-order valence-electron chi connectivity index (χ4n) is 2.00. The Labute approximate surface area is 109 Å². The van der Waals surface area contributed by atoms with Crippen molar-refractivity contribution in [2.24, 2.45) is 0 Å². The molecule has 3 nitrogen and oxygen atoms in total. The molecule has 18 heavy (non-hydrogen) atoms. The first-order chi connectivity index (χ1) is 8.55. The van der Waals surface area contributed by atoms with Gasteiger partial charge in [-0.25, -0.2) is 0 Å². The van der Waals surface area contributed by atoms with Gasteiger partial charge in [-0.2, -0.15) is 0 Å². The van der Waals surface area contributed by atoms with E-state index >= 15 is 0 Å². The van der Waals surface area contributed by atoms with Crippen LogP contribution in [0, 0.1) is 6.92 Å². The Morgan fingerprint density at radius 3 is 2.61 bits per heavy atom. The molecule has 1 unspecified atom stereocenters. The number of aryl methyl sites for hydroxylation is 1. The van der Waals surface area contributed by atoms with Gasteiger partial charge in [-0.1, -0.05) is 29.8 Å². The summed E-state index contributed by atoms with van der Waals surface area (Å²) in [6.07, 6.45) is 1.01. The van der Waals surface area contributed by atoms with E-state index in [1.165, 1.54) is 11.1 Å². The Bertz CT molecular complexity index is 370. The van der Waals surface area contributed by atoms with Gasteiger partial charge >= 0.3 is 0 Å². The molecule has 0 radical (unpaired) electrons. The average molecular weight is 250 g/mol. The van der Waals surface area contributed by atoms with E-state index in [1.807, 2.05) is 13.8 Å². The smallest absolute Gasteiger partial charge is 0.163 e. The van der Waals surface area contributed by atoms with Gasteiger partial charge in [0.25, 0.3) is 0 Å². The normalized spacial score (nSPS) is 22.3. The molecule has 0 spiro atoms. The molecule has 1 heterocycles. The highest BCUT2D eigenvalue weighted by Crippen LogP contribution is 2.22. The molecule has 1 aliphatic heterocycles. The third-order valence-corrected chi connectivity index (χ3v) is 3.03. The second-order valence-electron chi connectivity index (χ2n) is 5.26. The maximum absolute atomic E-state index is 5.67. The molecule has 0 N–H and O–H groups in total. The first-order valence-corrected chi connectivity index (χ1v) is 6.50. The maximum Gasteiger partial charge on any atom is 0.163 e. The molecule has 0 bridgehead atoms. The Kier molecular flexibility index (Phi) is 4.38. The zero-order chi connectivity index (χ0) is 13.0. The largest absolute Gasteiger partial charge is 0.378 e. The van der Waals surface area contributed by atoms with Crippen LogP contribution in [0.25, 0.3) is 0 Å². The standard InChI is InChI=1S/C15H22O3/c1-12-4-6-13(7-5-12)8-9-16-10-14-11-17-15(2,3)18-14/h4-7,14H,8-11H2,1-3H3. The van der Waals surface area contributed by atoms with Gasteiger partial charge in [-0.15, -0.1) is 0 Å². The monoisotopic (exact) mass is 250 g/mol. The lowest BCUT2D eigenvalue weighted by atomic mass is 10.1. The number of rotatable bonds is 5. The third-order valence-electron chi connectivity index (χ3n) is 3.03. The Morgan fingerprint density at radius 2 is 2.00 bits per heavy atom. The second kappa shape index (κ2) is 5.83. The lowest BCUT2D eigenvalue weighted by Crippen LogP contribution is -2.24. The predicted molar refractivity (Wildman–Crippen MR) is 70.6 cm³/mol. The van der Waals surface area contributed by atoms with E-state index in [0.29, 0.717) is 13.2 Å². The molecule has 0 aromatic heterocycles. The number of hydrogen-bond acceptors (Lipinski definition) is 3. The van der Waals surface area contributed by atoms with Crippen molar-refractivity contribution in [1.82, 2.24) is 0 Å². The summed E-state index contributed by atoms with van der Waals surface area (Å²) in [5.41, 5.74) is 2.60. The van der Waals surface area contributed by atoms with E-state index in [1.54, 1.807) is 0 Å². The maximum atomic E-state index is 5.67. The van der Waals surface area contributed by atoms with Crippen LogP contribution in [-0.4, -0.2) is 31.7 Å². The van der Waals surface area contributed by atoms with Crippen molar-refractivity contribution < 1.29 is 14.2 Å². The molecule has 1 fully saturated rings. The molecule has 0 aliphatic carbocycles. The minimum Gasteiger partial charge on any atom is -0.378 e. The van der Waals surface area contributed by atoms with E-state index in [-0.39, 0.29) is 6.10 Å². The number of ether oxygens (including phenoxy) is 3. The second-order valence-corrected chi connectivity index (χ2v) is 5.26. The van der Waals surface area contributed by atoms with Crippen molar-refractivity contribution in [2.45, 2.75) is 39.1 Å². The van der Waals surface area contributed by atoms with Gasteiger partial charge in [0, 0.05) is 0 Å². The van der Waals surface area contributed by atoms with Crippen LogP contribution in [-0.2, 0) is 20.6 Å². The molecule has 1 aromatic rings. The fourth-order valence-corrected chi connectivity index (χ4v) is 2.00. The van der Waals surface area contributed by atoms with E-state index < -0.39 is 5.79 Å². The van der Waals surface area contributed by atoms with Gasteiger partial charge in [-0.05, 0) is 32.8 Å². The molecule has 3 heteroatoms. The molecule has 1 aromatic carbocycles. The summed E-state index contributed by atoms with van der Waals surface area (Å²) in [5.74, 6) is -0.453. The van der Waals surface area contributed by atoms with Crippen LogP contribution in [0.1, 0.15) is 25.0 Å². The van der Waals surface area contributed by atoms with Crippen molar-refractivity contribution in [3.8, 4) is 0 Å². The molecular weight excluding hydrogens is 228 g/mol. The Hall–Kier alpha value is -0.900. The third kappa shape index (κ3) is 4.09. The highest BCUT2D eigenvalue weighted by Gasteiger charge is 2.32. The number of benzene rings is 1. The van der Waals surface area contributed by atoms with Crippen molar-refractivity contribution >= 4 is 0 Å². The summed E-state index contributed by atoms with van der Waals surface area (Å²) >= 11 is 0. The highest BCUT2D eigenvalue weighted by molar-refractivity contribution is 5.21. The van der Waals surface area contributed by atoms with Crippen LogP contribution in [0.2, 0.25) is 0 Å². The van der Waals surface area contributed by atoms with Crippen LogP contribution < -0.4 is 0 Å². The molecule has 100 valence electrons. The van der Waals surface area contributed by atoms with E-state index in [4.69, 9.17) is 14.2 Å². The average Bonchev–Trinajstić information content (AvgIpc) is 2.67. The van der Waals surface area contributed by atoms with Crippen LogP contribution in [0.3, 0.4) is 0 Å². The molecule has 0 saturated carbocycles. The lowest BCUT2D eigenvalue weighted by Gasteiger charge is -2.17. The van der Waals surface area contributed by atoms with E-state index in [2.05, 4.69) is 31.2 Å². The first-order valence-electron chi connectivity index (χ1n) is 6.50. The molecule has 0 amide bonds. The first kappa shape index (κ1) is 13.5. The molecular formula is C15H22O3. The quantitative estimate of drug-likeness (QED) is 0.752. The minimum atomic E-state index is -0.453. The van der Waals surface area contributed by atoms with Gasteiger partial charge in [0.1, 0.15) is 6.10 Å². The minimum absolute atomic E-state index is 0.0676. The van der Waals surface area contributed by atoms with Crippen molar-refractivity contribution in [3.63, 3.8) is 0 Å². The summed E-state index contributed by atoms with van der Waals surface area (Å²) in [4.78, 5) is 0. The lowest BCUT2D eigenvalue weighted by molar-refractivity contribution is -0.144. The zero-order valence-corrected chi connectivity index (χ0v) is 11.4. The van der Waals surface area contributed by atoms with E-state index in [9.17, 15) is 0 Å². The molecule has 1 atom stereocenters. The summed E-state index contributed by atoms with van der Waals surface area (Å²) in [5, 5.41) is 0. The van der Waals surface area contributed by atoms with Crippen LogP contribution in [0.15, 0.2) is 24.3 Å². The predicted octanol–water partition coefficient (Wildman–Crippen LogP) is 2.71. The summed E-state index contributed by atoms with van der Waals surface area (Å²) in [7, 11) is 0. The van der Waals surface area contributed by atoms with E-state index in [0.717, 1.165) is 13.0 Å². The summed E-state index contributed by atoms with van der Waals surface area (Å²) < 4.78 is 16.8. The van der Waals surface area contributed by atoms with Gasteiger partial charge in [0.15, 0.2) is 5.79 Å². The summed E-state index contributed by atoms with van der Waals surface area (Å²) in [6.45, 7) is 7.91. The highest BCUT2D eigenvalue weighted by atomic mass is 16.7. The number of hydrogen-bond donors (Lipinski definition) is 0. The Balaban J connectivity index is 1.63. The van der Waals surface area contributed by atoms with Gasteiger partial charge in [-0.3, -0.25) is 0 Å². The molecule has 1 saturated heterocycles.